The van der Waals surface area contributed by atoms with Gasteiger partial charge >= 0.3 is 6.03 Å². The van der Waals surface area contributed by atoms with E-state index in [1.807, 2.05) is 17.0 Å². The van der Waals surface area contributed by atoms with E-state index in [-0.39, 0.29) is 6.54 Å². The van der Waals surface area contributed by atoms with Gasteiger partial charge in [0.05, 0.1) is 13.1 Å². The molecule has 0 radical (unpaired) electrons. The number of urea groups is 1. The van der Waals surface area contributed by atoms with Gasteiger partial charge in [0, 0.05) is 17.3 Å². The zero-order valence-corrected chi connectivity index (χ0v) is 11.4. The summed E-state index contributed by atoms with van der Waals surface area (Å²) in [7, 11) is 0. The second-order valence-corrected chi connectivity index (χ2v) is 4.54. The Balaban J connectivity index is 1.98. The lowest BCUT2D eigenvalue weighted by atomic mass is 10.3. The van der Waals surface area contributed by atoms with E-state index in [1.165, 1.54) is 0 Å². The second-order valence-electron chi connectivity index (χ2n) is 4.11. The number of nitrogens with zero attached hydrogens (tertiary/aromatic N) is 2. The van der Waals surface area contributed by atoms with Crippen LogP contribution in [0.1, 0.15) is 0 Å². The molecule has 1 aliphatic rings. The molecule has 0 aliphatic carbocycles. The van der Waals surface area contributed by atoms with Crippen molar-refractivity contribution in [2.75, 3.05) is 24.5 Å². The first-order valence-corrected chi connectivity index (χ1v) is 6.35. The Morgan fingerprint density at radius 2 is 2.05 bits per heavy atom. The first-order chi connectivity index (χ1) is 9.56. The molecule has 4 N–H and O–H groups in total. The van der Waals surface area contributed by atoms with Gasteiger partial charge in [-0.1, -0.05) is 11.6 Å². The van der Waals surface area contributed by atoms with Gasteiger partial charge in [-0.3, -0.25) is 15.1 Å². The molecule has 1 aromatic rings. The fraction of sp³-hybridized carbons (Fsp3) is 0.250. The lowest BCUT2D eigenvalue weighted by Crippen LogP contribution is -2.48. The highest BCUT2D eigenvalue weighted by Gasteiger charge is 2.20. The highest BCUT2D eigenvalue weighted by molar-refractivity contribution is 6.30. The summed E-state index contributed by atoms with van der Waals surface area (Å²) < 4.78 is 0. The quantitative estimate of drug-likeness (QED) is 0.748. The summed E-state index contributed by atoms with van der Waals surface area (Å²) in [4.78, 5) is 28.2. The van der Waals surface area contributed by atoms with E-state index in [1.54, 1.807) is 12.1 Å². The number of hydrogen-bond donors (Lipinski definition) is 3. The summed E-state index contributed by atoms with van der Waals surface area (Å²) in [6.45, 7) is 1.02. The van der Waals surface area contributed by atoms with Crippen molar-refractivity contribution in [2.24, 2.45) is 10.7 Å². The molecule has 0 saturated carbocycles. The van der Waals surface area contributed by atoms with Crippen LogP contribution in [-0.4, -0.2) is 37.5 Å². The number of carbonyl (C=O) groups excluding carboxylic acids is 2. The van der Waals surface area contributed by atoms with Crippen molar-refractivity contribution in [2.45, 2.75) is 0 Å². The number of nitrogens with two attached hydrogens (primary N) is 1. The number of primary amides is 1. The van der Waals surface area contributed by atoms with Gasteiger partial charge in [-0.15, -0.1) is 0 Å². The van der Waals surface area contributed by atoms with Crippen molar-refractivity contribution in [3.8, 4) is 0 Å². The van der Waals surface area contributed by atoms with Crippen LogP contribution in [0.4, 0.5) is 10.5 Å². The number of benzene rings is 1. The average Bonchev–Trinajstić information content (AvgIpc) is 2.85. The molecule has 8 heteroatoms. The third kappa shape index (κ3) is 3.61. The summed E-state index contributed by atoms with van der Waals surface area (Å²) in [5.74, 6) is -0.183. The predicted octanol–water partition coefficient (Wildman–Crippen LogP) is 0.300. The molecule has 0 aromatic heterocycles. The van der Waals surface area contributed by atoms with E-state index in [9.17, 15) is 9.59 Å². The maximum Gasteiger partial charge on any atom is 0.321 e. The Morgan fingerprint density at radius 3 is 2.70 bits per heavy atom. The van der Waals surface area contributed by atoms with Gasteiger partial charge in [0.2, 0.25) is 11.9 Å². The molecule has 2 rings (SSSR count). The van der Waals surface area contributed by atoms with Crippen molar-refractivity contribution in [1.82, 2.24) is 10.6 Å². The van der Waals surface area contributed by atoms with Crippen LogP contribution in [0, 0.1) is 0 Å². The van der Waals surface area contributed by atoms with Crippen molar-refractivity contribution < 1.29 is 9.59 Å². The molecule has 7 nitrogen and oxygen atoms in total. The monoisotopic (exact) mass is 295 g/mol. The van der Waals surface area contributed by atoms with Gasteiger partial charge in [0.25, 0.3) is 0 Å². The molecule has 1 aliphatic heterocycles. The van der Waals surface area contributed by atoms with Gasteiger partial charge in [0.1, 0.15) is 0 Å². The standard InChI is InChI=1S/C12H14ClN5O2/c13-8-1-3-9(4-2-8)18-6-5-15-11(18)17-12(20)16-7-10(14)19/h1-4H,5-7H2,(H2,14,19)(H2,15,16,17,20). The fourth-order valence-electron chi connectivity index (χ4n) is 1.74. The van der Waals surface area contributed by atoms with Crippen LogP contribution >= 0.6 is 11.6 Å². The van der Waals surface area contributed by atoms with E-state index in [2.05, 4.69) is 15.6 Å². The Morgan fingerprint density at radius 1 is 1.35 bits per heavy atom. The van der Waals surface area contributed by atoms with Crippen molar-refractivity contribution in [1.29, 1.82) is 0 Å². The highest BCUT2D eigenvalue weighted by Crippen LogP contribution is 2.19. The van der Waals surface area contributed by atoms with E-state index < -0.39 is 11.9 Å². The number of carbonyl (C=O) groups is 2. The van der Waals surface area contributed by atoms with Crippen LogP contribution in [-0.2, 0) is 4.79 Å². The average molecular weight is 296 g/mol. The van der Waals surface area contributed by atoms with Crippen LogP contribution in [0.5, 0.6) is 0 Å². The van der Waals surface area contributed by atoms with E-state index in [0.29, 0.717) is 24.1 Å². The lowest BCUT2D eigenvalue weighted by Gasteiger charge is -2.20. The Bertz CT molecular complexity index is 543. The third-order valence-electron chi connectivity index (χ3n) is 2.63. The Kier molecular flexibility index (Phi) is 4.41. The van der Waals surface area contributed by atoms with Crippen LogP contribution in [0.3, 0.4) is 0 Å². The maximum atomic E-state index is 11.6. The molecule has 0 saturated heterocycles. The van der Waals surface area contributed by atoms with Gasteiger partial charge in [-0.25, -0.2) is 4.79 Å². The smallest absolute Gasteiger partial charge is 0.321 e. The number of aliphatic imine (C=N–C) groups is 1. The minimum absolute atomic E-state index is 0.222. The lowest BCUT2D eigenvalue weighted by molar-refractivity contribution is -0.117. The topological polar surface area (TPSA) is 99.8 Å². The number of anilines is 1. The van der Waals surface area contributed by atoms with Crippen molar-refractivity contribution in [3.63, 3.8) is 0 Å². The highest BCUT2D eigenvalue weighted by atomic mass is 35.5. The van der Waals surface area contributed by atoms with Crippen LogP contribution in [0.25, 0.3) is 0 Å². The van der Waals surface area contributed by atoms with E-state index in [0.717, 1.165) is 5.69 Å². The number of amides is 3. The number of nitrogens with one attached hydrogen (secondary N) is 2. The molecule has 0 atom stereocenters. The first-order valence-electron chi connectivity index (χ1n) is 5.97. The molecule has 106 valence electrons. The van der Waals surface area contributed by atoms with Crippen LogP contribution in [0.2, 0.25) is 5.02 Å². The molecule has 1 heterocycles. The first kappa shape index (κ1) is 14.1. The van der Waals surface area contributed by atoms with Gasteiger partial charge < -0.3 is 16.0 Å². The van der Waals surface area contributed by atoms with Crippen molar-refractivity contribution in [3.05, 3.63) is 29.3 Å². The largest absolute Gasteiger partial charge is 0.368 e. The third-order valence-corrected chi connectivity index (χ3v) is 2.88. The molecule has 20 heavy (non-hydrogen) atoms. The number of rotatable bonds is 3. The van der Waals surface area contributed by atoms with Gasteiger partial charge in [-0.05, 0) is 24.3 Å². The molecule has 0 fully saturated rings. The van der Waals surface area contributed by atoms with E-state index in [4.69, 9.17) is 17.3 Å². The van der Waals surface area contributed by atoms with Crippen LogP contribution in [0.15, 0.2) is 29.3 Å². The Labute approximate surface area is 120 Å². The summed E-state index contributed by atoms with van der Waals surface area (Å²) in [6.07, 6.45) is 0. The number of halogens is 1. The van der Waals surface area contributed by atoms with Crippen molar-refractivity contribution >= 4 is 35.2 Å². The summed E-state index contributed by atoms with van der Waals surface area (Å²) in [5, 5.41) is 5.56. The molecule has 0 bridgehead atoms. The number of hydrogen-bond acceptors (Lipinski definition) is 4. The SMILES string of the molecule is NC(=O)CNC(=O)NC1=NCCN1c1ccc(Cl)cc1. The summed E-state index contributed by atoms with van der Waals surface area (Å²) >= 11 is 5.84. The molecule has 0 spiro atoms. The summed E-state index contributed by atoms with van der Waals surface area (Å²) in [5.41, 5.74) is 5.82. The minimum Gasteiger partial charge on any atom is -0.368 e. The number of guanidine groups is 1. The zero-order chi connectivity index (χ0) is 14.5. The van der Waals surface area contributed by atoms with Gasteiger partial charge in [-0.2, -0.15) is 0 Å². The molecular formula is C12H14ClN5O2. The summed E-state index contributed by atoms with van der Waals surface area (Å²) in [6, 6.07) is 6.68. The minimum atomic E-state index is -0.608. The maximum absolute atomic E-state index is 11.6. The zero-order valence-electron chi connectivity index (χ0n) is 10.6. The van der Waals surface area contributed by atoms with E-state index >= 15 is 0 Å². The molecular weight excluding hydrogens is 282 g/mol. The normalized spacial score (nSPS) is 13.8. The van der Waals surface area contributed by atoms with Crippen LogP contribution < -0.4 is 21.3 Å². The molecule has 1 aromatic carbocycles. The fourth-order valence-corrected chi connectivity index (χ4v) is 1.87. The van der Waals surface area contributed by atoms with Gasteiger partial charge in [0.15, 0.2) is 0 Å². The predicted molar refractivity (Wildman–Crippen MR) is 76.8 cm³/mol. The Hall–Kier alpha value is -2.28. The molecule has 0 unspecified atom stereocenters. The second kappa shape index (κ2) is 6.25. The molecule has 3 amide bonds.